The van der Waals surface area contributed by atoms with Crippen molar-refractivity contribution in [2.24, 2.45) is 0 Å². The molecule has 0 spiro atoms. The second-order valence-electron chi connectivity index (χ2n) is 9.02. The molecule has 178 valence electrons. The van der Waals surface area contributed by atoms with Gasteiger partial charge in [0.05, 0.1) is 11.2 Å². The zero-order valence-corrected chi connectivity index (χ0v) is 19.9. The van der Waals surface area contributed by atoms with Gasteiger partial charge in [0.2, 0.25) is 0 Å². The molecule has 1 aliphatic rings. The van der Waals surface area contributed by atoms with E-state index >= 15 is 0 Å². The van der Waals surface area contributed by atoms with E-state index in [1.165, 1.54) is 6.08 Å². The number of benzene rings is 2. The van der Waals surface area contributed by atoms with Gasteiger partial charge in [0, 0.05) is 12.6 Å². The average Bonchev–Trinajstić information content (AvgIpc) is 3.01. The number of carbonyl (C=O) groups excluding carboxylic acids is 1. The first-order chi connectivity index (χ1) is 16.1. The number of nitrogens with one attached hydrogen (secondary N) is 1. The summed E-state index contributed by atoms with van der Waals surface area (Å²) in [6.45, 7) is 8.10. The number of alkyl carbamates (subject to hydrolysis) is 1. The number of hydrogen-bond donors (Lipinski definition) is 2. The van der Waals surface area contributed by atoms with E-state index in [9.17, 15) is 9.59 Å². The predicted octanol–water partition coefficient (Wildman–Crippen LogP) is 4.73. The minimum absolute atomic E-state index is 0.126. The fourth-order valence-corrected chi connectivity index (χ4v) is 3.30. The molecule has 1 saturated heterocycles. The van der Waals surface area contributed by atoms with Gasteiger partial charge in [0.15, 0.2) is 0 Å². The van der Waals surface area contributed by atoms with Crippen molar-refractivity contribution in [1.82, 2.24) is 5.32 Å². The summed E-state index contributed by atoms with van der Waals surface area (Å²) in [6, 6.07) is 16.8. The topological polar surface area (TPSA) is 94.1 Å². The maximum absolute atomic E-state index is 12.4. The summed E-state index contributed by atoms with van der Waals surface area (Å²) in [5.41, 5.74) is 1.92. The zero-order valence-electron chi connectivity index (χ0n) is 19.9. The lowest BCUT2D eigenvalue weighted by Gasteiger charge is -2.32. The third kappa shape index (κ3) is 6.59. The summed E-state index contributed by atoms with van der Waals surface area (Å²) in [5.74, 6) is -1.03. The maximum Gasteiger partial charge on any atom is 0.492 e. The third-order valence-electron chi connectivity index (χ3n) is 5.95. The van der Waals surface area contributed by atoms with Crippen LogP contribution in [0.25, 0.3) is 12.2 Å². The number of ether oxygens (including phenoxy) is 1. The van der Waals surface area contributed by atoms with Crippen LogP contribution in [0.4, 0.5) is 4.79 Å². The highest BCUT2D eigenvalue weighted by molar-refractivity contribution is 6.56. The molecule has 1 heterocycles. The van der Waals surface area contributed by atoms with Crippen molar-refractivity contribution >= 4 is 31.3 Å². The number of aliphatic carboxylic acids is 1. The van der Waals surface area contributed by atoms with Gasteiger partial charge in [-0.15, -0.1) is 0 Å². The second-order valence-corrected chi connectivity index (χ2v) is 9.02. The Bertz CT molecular complexity index is 1060. The van der Waals surface area contributed by atoms with Gasteiger partial charge in [-0.2, -0.15) is 0 Å². The molecule has 3 rings (SSSR count). The van der Waals surface area contributed by atoms with Crippen molar-refractivity contribution in [3.8, 4) is 0 Å². The van der Waals surface area contributed by atoms with Crippen LogP contribution in [-0.2, 0) is 25.4 Å². The lowest BCUT2D eigenvalue weighted by Crippen LogP contribution is -2.41. The van der Waals surface area contributed by atoms with Gasteiger partial charge in [-0.3, -0.25) is 0 Å². The van der Waals surface area contributed by atoms with Crippen molar-refractivity contribution in [1.29, 1.82) is 0 Å². The average molecular weight is 463 g/mol. The predicted molar refractivity (Wildman–Crippen MR) is 132 cm³/mol. The Morgan fingerprint density at radius 2 is 1.56 bits per heavy atom. The minimum atomic E-state index is -1.03. The van der Waals surface area contributed by atoms with Crippen molar-refractivity contribution in [2.45, 2.75) is 45.5 Å². The third-order valence-corrected chi connectivity index (χ3v) is 5.95. The molecule has 0 aromatic heterocycles. The van der Waals surface area contributed by atoms with Gasteiger partial charge < -0.3 is 24.5 Å². The monoisotopic (exact) mass is 463 g/mol. The van der Waals surface area contributed by atoms with Crippen molar-refractivity contribution in [2.75, 3.05) is 6.54 Å². The molecule has 1 amide bonds. The summed E-state index contributed by atoms with van der Waals surface area (Å²) in [5, 5.41) is 11.8. The molecule has 8 heteroatoms. The maximum atomic E-state index is 12.4. The van der Waals surface area contributed by atoms with Crippen LogP contribution in [0.2, 0.25) is 0 Å². The molecule has 1 aliphatic heterocycles. The van der Waals surface area contributed by atoms with E-state index in [1.54, 1.807) is 0 Å². The fourth-order valence-electron chi connectivity index (χ4n) is 3.30. The number of rotatable bonds is 8. The van der Waals surface area contributed by atoms with Gasteiger partial charge in [0.25, 0.3) is 0 Å². The molecule has 2 N–H and O–H groups in total. The Morgan fingerprint density at radius 1 is 0.971 bits per heavy atom. The molecular weight excluding hydrogens is 433 g/mol. The van der Waals surface area contributed by atoms with Gasteiger partial charge >= 0.3 is 19.2 Å². The van der Waals surface area contributed by atoms with Crippen molar-refractivity contribution in [3.05, 3.63) is 82.8 Å². The molecular formula is C26H30BNO6. The zero-order chi connectivity index (χ0) is 24.8. The lowest BCUT2D eigenvalue weighted by atomic mass is 9.76. The molecule has 2 aromatic carbocycles. The standard InChI is InChI=1S/C26H30BNO6/c1-25(2)26(3,4)34-27(33-25)22(16-21-13-9-8-12-20(21)14-15-23(29)30)17-28-24(31)32-18-19-10-6-5-7-11-19/h5-16H,17-18H2,1-4H3,(H,28,31)(H,29,30)/b15-14+,22-16?. The number of carboxylic acid groups (broad SMARTS) is 1. The summed E-state index contributed by atoms with van der Waals surface area (Å²) in [7, 11) is -0.698. The molecule has 7 nitrogen and oxygen atoms in total. The Morgan fingerprint density at radius 3 is 2.18 bits per heavy atom. The molecule has 1 fully saturated rings. The highest BCUT2D eigenvalue weighted by atomic mass is 16.7. The largest absolute Gasteiger partial charge is 0.492 e. The number of carboxylic acids is 1. The summed E-state index contributed by atoms with van der Waals surface area (Å²) >= 11 is 0. The highest BCUT2D eigenvalue weighted by Gasteiger charge is 2.52. The van der Waals surface area contributed by atoms with E-state index in [0.717, 1.165) is 17.2 Å². The minimum Gasteiger partial charge on any atom is -0.478 e. The Hall–Kier alpha value is -3.36. The van der Waals surface area contributed by atoms with Crippen LogP contribution >= 0.6 is 0 Å². The van der Waals surface area contributed by atoms with Gasteiger partial charge in [-0.05, 0) is 55.9 Å². The number of carbonyl (C=O) groups is 2. The fraction of sp³-hybridized carbons (Fsp3) is 0.308. The molecule has 0 unspecified atom stereocenters. The van der Waals surface area contributed by atoms with E-state index in [2.05, 4.69) is 5.32 Å². The van der Waals surface area contributed by atoms with Crippen LogP contribution in [0.3, 0.4) is 0 Å². The first-order valence-corrected chi connectivity index (χ1v) is 11.1. The highest BCUT2D eigenvalue weighted by Crippen LogP contribution is 2.38. The lowest BCUT2D eigenvalue weighted by molar-refractivity contribution is -0.131. The molecule has 34 heavy (non-hydrogen) atoms. The summed E-state index contributed by atoms with van der Waals surface area (Å²) < 4.78 is 17.7. The molecule has 0 aliphatic carbocycles. The Kier molecular flexibility index (Phi) is 7.96. The van der Waals surface area contributed by atoms with Crippen molar-refractivity contribution in [3.63, 3.8) is 0 Å². The van der Waals surface area contributed by atoms with Crippen LogP contribution in [0, 0.1) is 0 Å². The molecule has 0 saturated carbocycles. The second kappa shape index (κ2) is 10.7. The van der Waals surface area contributed by atoms with Crippen LogP contribution in [0.1, 0.15) is 44.4 Å². The van der Waals surface area contributed by atoms with Crippen LogP contribution in [-0.4, -0.2) is 42.0 Å². The molecule has 0 atom stereocenters. The van der Waals surface area contributed by atoms with E-state index in [1.807, 2.05) is 88.4 Å². The quantitative estimate of drug-likeness (QED) is 0.435. The first kappa shape index (κ1) is 25.3. The van der Waals surface area contributed by atoms with Gasteiger partial charge in [-0.1, -0.05) is 60.7 Å². The molecule has 0 radical (unpaired) electrons. The van der Waals surface area contributed by atoms with Gasteiger partial charge in [0.1, 0.15) is 6.61 Å². The van der Waals surface area contributed by atoms with E-state index in [-0.39, 0.29) is 13.2 Å². The summed E-state index contributed by atoms with van der Waals surface area (Å²) in [4.78, 5) is 23.4. The summed E-state index contributed by atoms with van der Waals surface area (Å²) in [6.07, 6.45) is 3.89. The first-order valence-electron chi connectivity index (χ1n) is 11.1. The molecule has 0 bridgehead atoms. The van der Waals surface area contributed by atoms with Crippen LogP contribution in [0.5, 0.6) is 0 Å². The normalized spacial score (nSPS) is 17.1. The Labute approximate surface area is 200 Å². The van der Waals surface area contributed by atoms with Crippen molar-refractivity contribution < 1.29 is 28.7 Å². The smallest absolute Gasteiger partial charge is 0.478 e. The van der Waals surface area contributed by atoms with Crippen LogP contribution < -0.4 is 5.32 Å². The van der Waals surface area contributed by atoms with Gasteiger partial charge in [-0.25, -0.2) is 9.59 Å². The number of hydrogen-bond acceptors (Lipinski definition) is 5. The molecule has 2 aromatic rings. The van der Waals surface area contributed by atoms with E-state index < -0.39 is 30.4 Å². The SMILES string of the molecule is CC1(C)OB(C(=Cc2ccccc2/C=C/C(=O)O)CNC(=O)OCc2ccccc2)OC1(C)C. The number of amides is 1. The Balaban J connectivity index is 1.81. The van der Waals surface area contributed by atoms with Crippen LogP contribution in [0.15, 0.2) is 66.1 Å². The van der Waals surface area contributed by atoms with E-state index in [4.69, 9.17) is 19.2 Å². The van der Waals surface area contributed by atoms with E-state index in [0.29, 0.717) is 11.0 Å².